The van der Waals surface area contributed by atoms with Gasteiger partial charge in [-0.3, -0.25) is 14.4 Å². The van der Waals surface area contributed by atoms with E-state index in [0.717, 1.165) is 0 Å². The zero-order valence-electron chi connectivity index (χ0n) is 16.1. The highest BCUT2D eigenvalue weighted by atomic mass is 19.1. The van der Waals surface area contributed by atoms with Crippen LogP contribution in [0.1, 0.15) is 13.3 Å². The topological polar surface area (TPSA) is 84.9 Å². The van der Waals surface area contributed by atoms with Crippen molar-refractivity contribution in [2.24, 2.45) is 5.92 Å². The maximum Gasteiger partial charge on any atom is 0.312 e. The summed E-state index contributed by atoms with van der Waals surface area (Å²) < 4.78 is 23.5. The summed E-state index contributed by atoms with van der Waals surface area (Å²) >= 11 is 0. The van der Waals surface area contributed by atoms with Crippen molar-refractivity contribution in [1.29, 1.82) is 0 Å². The third-order valence-corrected chi connectivity index (χ3v) is 4.61. The van der Waals surface area contributed by atoms with E-state index in [0.29, 0.717) is 17.1 Å². The van der Waals surface area contributed by atoms with Crippen LogP contribution in [0.4, 0.5) is 15.8 Å². The number of amides is 2. The summed E-state index contributed by atoms with van der Waals surface area (Å²) in [4.78, 5) is 38.6. The molecule has 2 atom stereocenters. The molecule has 1 saturated heterocycles. The normalized spacial score (nSPS) is 17.0. The van der Waals surface area contributed by atoms with Gasteiger partial charge in [0.25, 0.3) is 5.91 Å². The average Bonchev–Trinajstić information content (AvgIpc) is 3.11. The van der Waals surface area contributed by atoms with Crippen LogP contribution >= 0.6 is 0 Å². The van der Waals surface area contributed by atoms with Crippen molar-refractivity contribution in [2.75, 3.05) is 23.9 Å². The molecule has 1 fully saturated rings. The summed E-state index contributed by atoms with van der Waals surface area (Å²) in [6.07, 6.45) is -1.08. The van der Waals surface area contributed by atoms with Gasteiger partial charge >= 0.3 is 5.97 Å². The molecule has 1 heterocycles. The molecule has 0 aromatic heterocycles. The number of para-hydroxylation sites is 2. The molecule has 29 heavy (non-hydrogen) atoms. The van der Waals surface area contributed by atoms with Gasteiger partial charge in [0.2, 0.25) is 5.91 Å². The maximum atomic E-state index is 12.9. The van der Waals surface area contributed by atoms with Gasteiger partial charge in [-0.15, -0.1) is 0 Å². The second-order valence-electron chi connectivity index (χ2n) is 6.65. The van der Waals surface area contributed by atoms with Crippen molar-refractivity contribution in [3.63, 3.8) is 0 Å². The average molecular weight is 400 g/mol. The van der Waals surface area contributed by atoms with Crippen molar-refractivity contribution < 1.29 is 28.2 Å². The molecule has 152 valence electrons. The van der Waals surface area contributed by atoms with Crippen LogP contribution in [0.25, 0.3) is 0 Å². The number of esters is 1. The van der Waals surface area contributed by atoms with Gasteiger partial charge in [-0.25, -0.2) is 4.39 Å². The Morgan fingerprint density at radius 3 is 2.55 bits per heavy atom. The van der Waals surface area contributed by atoms with E-state index >= 15 is 0 Å². The fourth-order valence-corrected chi connectivity index (χ4v) is 3.05. The molecule has 2 aromatic carbocycles. The van der Waals surface area contributed by atoms with Crippen LogP contribution in [-0.2, 0) is 19.1 Å². The van der Waals surface area contributed by atoms with Gasteiger partial charge in [0, 0.05) is 18.7 Å². The van der Waals surface area contributed by atoms with E-state index in [-0.39, 0.29) is 18.9 Å². The number of benzene rings is 2. The molecular weight excluding hydrogens is 379 g/mol. The minimum atomic E-state index is -1.07. The largest absolute Gasteiger partial charge is 0.495 e. The molecule has 0 bridgehead atoms. The highest BCUT2D eigenvalue weighted by Gasteiger charge is 2.38. The SMILES string of the molecule is COc1ccccc1N1C[C@H](C(=O)O[C@H](C)C(=O)Nc2ccc(F)cc2)CC1=O. The lowest BCUT2D eigenvalue weighted by Crippen LogP contribution is -2.33. The van der Waals surface area contributed by atoms with Gasteiger partial charge in [0.1, 0.15) is 11.6 Å². The number of methoxy groups -OCH3 is 1. The Bertz CT molecular complexity index is 916. The van der Waals surface area contributed by atoms with Gasteiger partial charge < -0.3 is 19.7 Å². The predicted molar refractivity (Wildman–Crippen MR) is 104 cm³/mol. The van der Waals surface area contributed by atoms with Crippen molar-refractivity contribution in [2.45, 2.75) is 19.4 Å². The molecule has 0 unspecified atom stereocenters. The van der Waals surface area contributed by atoms with E-state index in [1.54, 1.807) is 24.3 Å². The summed E-state index contributed by atoms with van der Waals surface area (Å²) in [6, 6.07) is 12.3. The molecule has 1 aliphatic rings. The van der Waals surface area contributed by atoms with Crippen molar-refractivity contribution >= 4 is 29.2 Å². The minimum Gasteiger partial charge on any atom is -0.495 e. The number of carbonyl (C=O) groups excluding carboxylic acids is 3. The number of nitrogens with zero attached hydrogens (tertiary/aromatic N) is 1. The highest BCUT2D eigenvalue weighted by molar-refractivity contribution is 6.01. The Morgan fingerprint density at radius 1 is 1.17 bits per heavy atom. The summed E-state index contributed by atoms with van der Waals surface area (Å²) in [5, 5.41) is 2.55. The van der Waals surface area contributed by atoms with Crippen molar-refractivity contribution in [3.05, 3.63) is 54.3 Å². The Balaban J connectivity index is 1.60. The summed E-state index contributed by atoms with van der Waals surface area (Å²) in [7, 11) is 1.51. The first-order valence-electron chi connectivity index (χ1n) is 9.09. The number of anilines is 2. The van der Waals surface area contributed by atoms with Crippen LogP contribution in [-0.4, -0.2) is 37.5 Å². The highest BCUT2D eigenvalue weighted by Crippen LogP contribution is 2.33. The van der Waals surface area contributed by atoms with E-state index < -0.39 is 29.7 Å². The van der Waals surface area contributed by atoms with Gasteiger partial charge in [0.15, 0.2) is 6.10 Å². The van der Waals surface area contributed by atoms with Crippen LogP contribution in [0.15, 0.2) is 48.5 Å². The second-order valence-corrected chi connectivity index (χ2v) is 6.65. The number of ether oxygens (including phenoxy) is 2. The molecule has 8 heteroatoms. The molecule has 1 aliphatic heterocycles. The number of hydrogen-bond acceptors (Lipinski definition) is 5. The lowest BCUT2D eigenvalue weighted by molar-refractivity contribution is -0.157. The molecule has 2 amide bonds. The van der Waals surface area contributed by atoms with Crippen LogP contribution in [0.2, 0.25) is 0 Å². The van der Waals surface area contributed by atoms with E-state index in [9.17, 15) is 18.8 Å². The summed E-state index contributed by atoms with van der Waals surface area (Å²) in [6.45, 7) is 1.58. The predicted octanol–water partition coefficient (Wildman–Crippen LogP) is 2.76. The standard InChI is InChI=1S/C21H21FN2O5/c1-13(20(26)23-16-9-7-15(22)8-10-16)29-21(27)14-11-19(25)24(12-14)17-5-3-4-6-18(17)28-2/h3-10,13-14H,11-12H2,1-2H3,(H,23,26)/t13-,14-/m1/s1. The zero-order valence-corrected chi connectivity index (χ0v) is 16.1. The molecule has 0 spiro atoms. The first-order valence-corrected chi connectivity index (χ1v) is 9.09. The van der Waals surface area contributed by atoms with Crippen LogP contribution in [0.5, 0.6) is 5.75 Å². The third-order valence-electron chi connectivity index (χ3n) is 4.61. The molecule has 0 saturated carbocycles. The smallest absolute Gasteiger partial charge is 0.312 e. The van der Waals surface area contributed by atoms with E-state index in [4.69, 9.17) is 9.47 Å². The molecule has 0 radical (unpaired) electrons. The monoisotopic (exact) mass is 400 g/mol. The summed E-state index contributed by atoms with van der Waals surface area (Å²) in [5.74, 6) is -1.98. The molecular formula is C21H21FN2O5. The quantitative estimate of drug-likeness (QED) is 0.754. The number of hydrogen-bond donors (Lipinski definition) is 1. The Hall–Kier alpha value is -3.42. The Morgan fingerprint density at radius 2 is 1.86 bits per heavy atom. The number of rotatable bonds is 6. The van der Waals surface area contributed by atoms with Gasteiger partial charge in [-0.1, -0.05) is 12.1 Å². The molecule has 3 rings (SSSR count). The molecule has 7 nitrogen and oxygen atoms in total. The van der Waals surface area contributed by atoms with Crippen LogP contribution < -0.4 is 15.0 Å². The lowest BCUT2D eigenvalue weighted by Gasteiger charge is -2.20. The number of nitrogens with one attached hydrogen (secondary N) is 1. The Labute approximate surface area is 167 Å². The van der Waals surface area contributed by atoms with E-state index in [1.807, 2.05) is 0 Å². The van der Waals surface area contributed by atoms with E-state index in [1.165, 1.54) is 43.2 Å². The molecule has 0 aliphatic carbocycles. The molecule has 1 N–H and O–H groups in total. The van der Waals surface area contributed by atoms with Gasteiger partial charge in [-0.2, -0.15) is 0 Å². The first kappa shape index (κ1) is 20.3. The Kier molecular flexibility index (Phi) is 6.11. The van der Waals surface area contributed by atoms with Gasteiger partial charge in [0.05, 0.1) is 18.7 Å². The first-order chi connectivity index (χ1) is 13.9. The maximum absolute atomic E-state index is 12.9. The summed E-state index contributed by atoms with van der Waals surface area (Å²) in [5.41, 5.74) is 0.968. The fourth-order valence-electron chi connectivity index (χ4n) is 3.05. The zero-order chi connectivity index (χ0) is 21.0. The van der Waals surface area contributed by atoms with E-state index in [2.05, 4.69) is 5.32 Å². The van der Waals surface area contributed by atoms with Crippen molar-refractivity contribution in [3.8, 4) is 5.75 Å². The second kappa shape index (κ2) is 8.72. The van der Waals surface area contributed by atoms with Crippen LogP contribution in [0, 0.1) is 11.7 Å². The molecule has 2 aromatic rings. The lowest BCUT2D eigenvalue weighted by atomic mass is 10.1. The van der Waals surface area contributed by atoms with Gasteiger partial charge in [-0.05, 0) is 43.3 Å². The third kappa shape index (κ3) is 4.71. The fraction of sp³-hybridized carbons (Fsp3) is 0.286. The van der Waals surface area contributed by atoms with Crippen molar-refractivity contribution in [1.82, 2.24) is 0 Å². The number of halogens is 1. The minimum absolute atomic E-state index is 0.0107. The van der Waals surface area contributed by atoms with Crippen LogP contribution in [0.3, 0.4) is 0 Å². The number of carbonyl (C=O) groups is 3.